The first kappa shape index (κ1) is 22.2. The van der Waals surface area contributed by atoms with Crippen LogP contribution in [0.1, 0.15) is 22.3 Å². The van der Waals surface area contributed by atoms with E-state index in [2.05, 4.69) is 6.92 Å². The summed E-state index contributed by atoms with van der Waals surface area (Å²) in [6, 6.07) is 34.1. The Morgan fingerprint density at radius 2 is 0.939 bits per heavy atom. The van der Waals surface area contributed by atoms with Gasteiger partial charge in [0.2, 0.25) is 0 Å². The zero-order valence-electron chi connectivity index (χ0n) is 18.5. The second-order valence-electron chi connectivity index (χ2n) is 7.56. The molecule has 0 amide bonds. The molecule has 3 nitrogen and oxygen atoms in total. The largest absolute Gasteiger partial charge is 0.489 e. The van der Waals surface area contributed by atoms with Gasteiger partial charge in [-0.2, -0.15) is 0 Å². The Bertz CT molecular complexity index is 1090. The van der Waals surface area contributed by atoms with Gasteiger partial charge in [0, 0.05) is 12.1 Å². The fourth-order valence-corrected chi connectivity index (χ4v) is 3.39. The van der Waals surface area contributed by atoms with E-state index in [0.717, 1.165) is 22.3 Å². The average Bonchev–Trinajstić information content (AvgIpc) is 2.88. The van der Waals surface area contributed by atoms with Crippen LogP contribution < -0.4 is 14.2 Å². The lowest BCUT2D eigenvalue weighted by atomic mass is 10.1. The van der Waals surface area contributed by atoms with E-state index in [0.29, 0.717) is 37.1 Å². The van der Waals surface area contributed by atoms with Gasteiger partial charge in [-0.05, 0) is 23.6 Å². The summed E-state index contributed by atoms with van der Waals surface area (Å²) in [6.45, 7) is 5.22. The maximum Gasteiger partial charge on any atom is 0.134 e. The van der Waals surface area contributed by atoms with Crippen LogP contribution in [0.25, 0.3) is 6.08 Å². The Balaban J connectivity index is 1.61. The predicted octanol–water partition coefficient (Wildman–Crippen LogP) is 7.27. The zero-order chi connectivity index (χ0) is 22.7. The summed E-state index contributed by atoms with van der Waals surface area (Å²) in [6.07, 6.45) is 3.65. The molecule has 0 aliphatic heterocycles. The Hall–Kier alpha value is -3.98. The smallest absolute Gasteiger partial charge is 0.134 e. The molecule has 4 rings (SSSR count). The highest BCUT2D eigenvalue weighted by Gasteiger charge is 2.14. The van der Waals surface area contributed by atoms with Gasteiger partial charge < -0.3 is 14.2 Å². The number of ether oxygens (including phenoxy) is 3. The second-order valence-corrected chi connectivity index (χ2v) is 7.56. The van der Waals surface area contributed by atoms with Gasteiger partial charge in [0.1, 0.15) is 37.1 Å². The van der Waals surface area contributed by atoms with Crippen LogP contribution in [0.2, 0.25) is 0 Å². The van der Waals surface area contributed by atoms with E-state index < -0.39 is 0 Å². The van der Waals surface area contributed by atoms with Crippen LogP contribution in [0.3, 0.4) is 0 Å². The standard InChI is InChI=1S/C30H27O3/c1-2-12-28-29(32-22-25-15-8-4-9-16-25)19-27(31-21-24-13-6-3-7-14-24)20-30(28)33-23-26-17-10-5-11-18-26/h2-20H,1,21-23H2/b12-2+. The molecule has 33 heavy (non-hydrogen) atoms. The third kappa shape index (κ3) is 6.50. The molecule has 0 spiro atoms. The second kappa shape index (κ2) is 11.6. The molecule has 4 aromatic carbocycles. The van der Waals surface area contributed by atoms with Crippen molar-refractivity contribution >= 4 is 6.08 Å². The number of hydrogen-bond acceptors (Lipinski definition) is 3. The van der Waals surface area contributed by atoms with Crippen LogP contribution in [-0.4, -0.2) is 0 Å². The summed E-state index contributed by atoms with van der Waals surface area (Å²) in [4.78, 5) is 0. The highest BCUT2D eigenvalue weighted by atomic mass is 16.5. The molecular weight excluding hydrogens is 408 g/mol. The minimum atomic E-state index is 0.444. The van der Waals surface area contributed by atoms with Crippen LogP contribution in [0.5, 0.6) is 17.2 Å². The maximum absolute atomic E-state index is 6.22. The highest BCUT2D eigenvalue weighted by Crippen LogP contribution is 2.37. The van der Waals surface area contributed by atoms with E-state index in [1.165, 1.54) is 0 Å². The molecule has 0 saturated carbocycles. The van der Waals surface area contributed by atoms with E-state index in [4.69, 9.17) is 14.2 Å². The molecule has 0 heterocycles. The molecule has 0 unspecified atom stereocenters. The van der Waals surface area contributed by atoms with E-state index in [1.807, 2.05) is 109 Å². The van der Waals surface area contributed by atoms with Crippen molar-refractivity contribution in [3.63, 3.8) is 0 Å². The summed E-state index contributed by atoms with van der Waals surface area (Å²) in [7, 11) is 0. The quantitative estimate of drug-likeness (QED) is 0.262. The van der Waals surface area contributed by atoms with Crippen LogP contribution in [0.15, 0.2) is 109 Å². The fourth-order valence-electron chi connectivity index (χ4n) is 3.39. The average molecular weight is 436 g/mol. The van der Waals surface area contributed by atoms with Gasteiger partial charge in [0.25, 0.3) is 0 Å². The first-order valence-electron chi connectivity index (χ1n) is 11.0. The molecule has 1 radical (unpaired) electrons. The molecule has 0 aliphatic carbocycles. The van der Waals surface area contributed by atoms with Crippen molar-refractivity contribution in [2.24, 2.45) is 0 Å². The van der Waals surface area contributed by atoms with Crippen molar-refractivity contribution in [3.8, 4) is 17.2 Å². The fraction of sp³-hybridized carbons (Fsp3) is 0.100. The first-order valence-corrected chi connectivity index (χ1v) is 11.0. The highest BCUT2D eigenvalue weighted by molar-refractivity contribution is 5.67. The van der Waals surface area contributed by atoms with E-state index in [9.17, 15) is 0 Å². The zero-order valence-corrected chi connectivity index (χ0v) is 18.5. The third-order valence-corrected chi connectivity index (χ3v) is 5.08. The van der Waals surface area contributed by atoms with Gasteiger partial charge >= 0.3 is 0 Å². The van der Waals surface area contributed by atoms with Crippen LogP contribution >= 0.6 is 0 Å². The van der Waals surface area contributed by atoms with Crippen molar-refractivity contribution in [2.45, 2.75) is 19.8 Å². The Morgan fingerprint density at radius 3 is 1.33 bits per heavy atom. The Labute approximate surface area is 195 Å². The molecule has 0 aromatic heterocycles. The summed E-state index contributed by atoms with van der Waals surface area (Å²) in [5.41, 5.74) is 4.11. The molecule has 0 fully saturated rings. The number of hydrogen-bond donors (Lipinski definition) is 0. The van der Waals surface area contributed by atoms with Crippen molar-refractivity contribution in [2.75, 3.05) is 0 Å². The molecule has 0 aliphatic rings. The van der Waals surface area contributed by atoms with E-state index in [-0.39, 0.29) is 0 Å². The van der Waals surface area contributed by atoms with Gasteiger partial charge in [0.05, 0.1) is 5.56 Å². The lowest BCUT2D eigenvalue weighted by Gasteiger charge is -2.17. The van der Waals surface area contributed by atoms with E-state index >= 15 is 0 Å². The minimum Gasteiger partial charge on any atom is -0.489 e. The summed E-state index contributed by atoms with van der Waals surface area (Å²) in [5.74, 6) is 2.06. The monoisotopic (exact) mass is 435 g/mol. The molecule has 3 heteroatoms. The van der Waals surface area contributed by atoms with Gasteiger partial charge in [0.15, 0.2) is 0 Å². The molecule has 165 valence electrons. The normalized spacial score (nSPS) is 10.8. The van der Waals surface area contributed by atoms with Crippen LogP contribution in [0.4, 0.5) is 0 Å². The molecular formula is C30H27O3. The van der Waals surface area contributed by atoms with Crippen LogP contribution in [0, 0.1) is 6.92 Å². The number of rotatable bonds is 10. The van der Waals surface area contributed by atoms with Crippen molar-refractivity contribution in [3.05, 3.63) is 138 Å². The lowest BCUT2D eigenvalue weighted by Crippen LogP contribution is -2.03. The van der Waals surface area contributed by atoms with E-state index in [1.54, 1.807) is 6.08 Å². The van der Waals surface area contributed by atoms with Gasteiger partial charge in [-0.3, -0.25) is 0 Å². The van der Waals surface area contributed by atoms with Crippen molar-refractivity contribution in [1.29, 1.82) is 0 Å². The van der Waals surface area contributed by atoms with Gasteiger partial charge in [-0.15, -0.1) is 0 Å². The summed E-state index contributed by atoms with van der Waals surface area (Å²) >= 11 is 0. The molecule has 0 saturated heterocycles. The Morgan fingerprint density at radius 1 is 0.545 bits per heavy atom. The summed E-state index contributed by atoms with van der Waals surface area (Å²) in [5, 5.41) is 0. The first-order chi connectivity index (χ1) is 16.3. The number of benzene rings is 4. The third-order valence-electron chi connectivity index (χ3n) is 5.08. The van der Waals surface area contributed by atoms with Crippen LogP contribution in [-0.2, 0) is 19.8 Å². The molecule has 0 bridgehead atoms. The van der Waals surface area contributed by atoms with Gasteiger partial charge in [-0.25, -0.2) is 0 Å². The van der Waals surface area contributed by atoms with Crippen molar-refractivity contribution in [1.82, 2.24) is 0 Å². The topological polar surface area (TPSA) is 27.7 Å². The Kier molecular flexibility index (Phi) is 7.80. The van der Waals surface area contributed by atoms with Gasteiger partial charge in [-0.1, -0.05) is 103 Å². The number of allylic oxidation sites excluding steroid dienone is 1. The molecule has 0 N–H and O–H groups in total. The van der Waals surface area contributed by atoms with Crippen molar-refractivity contribution < 1.29 is 14.2 Å². The lowest BCUT2D eigenvalue weighted by molar-refractivity contribution is 0.274. The minimum absolute atomic E-state index is 0.444. The predicted molar refractivity (Wildman–Crippen MR) is 133 cm³/mol. The summed E-state index contributed by atoms with van der Waals surface area (Å²) < 4.78 is 18.6. The maximum atomic E-state index is 6.22. The SMILES string of the molecule is [CH2]/C=C/c1c(OCc2ccccc2)cc(OCc2ccccc2)cc1OCc1ccccc1. The molecule has 4 aromatic rings. The molecule has 0 atom stereocenters.